The number of carbonyl (C=O) groups excluding carboxylic acids is 1. The van der Waals surface area contributed by atoms with Crippen molar-refractivity contribution in [2.75, 3.05) is 18.5 Å². The van der Waals surface area contributed by atoms with Crippen molar-refractivity contribution in [2.24, 2.45) is 0 Å². The number of carbonyl (C=O) groups is 1. The van der Waals surface area contributed by atoms with Gasteiger partial charge in [-0.15, -0.1) is 0 Å². The third-order valence-corrected chi connectivity index (χ3v) is 3.83. The molecule has 0 saturated heterocycles. The number of nitrogens with one attached hydrogen (secondary N) is 1. The van der Waals surface area contributed by atoms with Gasteiger partial charge in [0.05, 0.1) is 0 Å². The molecular weight excluding hydrogens is 244 g/mol. The number of benzene rings is 1. The summed E-state index contributed by atoms with van der Waals surface area (Å²) in [6.45, 7) is 4.84. The monoisotopic (exact) mass is 264 g/mol. The molecule has 0 saturated carbocycles. The molecule has 1 aromatic carbocycles. The highest BCUT2D eigenvalue weighted by molar-refractivity contribution is 7.99. The average molecular weight is 264 g/mol. The normalized spacial score (nSPS) is 11.7. The molecule has 0 spiro atoms. The Kier molecular flexibility index (Phi) is 5.28. The summed E-state index contributed by atoms with van der Waals surface area (Å²) in [4.78, 5) is 11.6. The molecule has 3 nitrogen and oxygen atoms in total. The summed E-state index contributed by atoms with van der Waals surface area (Å²) in [5, 5.41) is 2.88. The Morgan fingerprint density at radius 2 is 2.22 bits per heavy atom. The highest BCUT2D eigenvalue weighted by atomic mass is 32.2. The van der Waals surface area contributed by atoms with E-state index in [4.69, 9.17) is 5.73 Å². The van der Waals surface area contributed by atoms with Crippen molar-refractivity contribution < 1.29 is 4.79 Å². The Hall–Kier alpha value is -1.42. The summed E-state index contributed by atoms with van der Waals surface area (Å²) in [6, 6.07) is 7.42. The van der Waals surface area contributed by atoms with Crippen molar-refractivity contribution in [2.45, 2.75) is 18.6 Å². The molecule has 1 rings (SSSR count). The fraction of sp³-hybridized carbons (Fsp3) is 0.357. The van der Waals surface area contributed by atoms with Crippen LogP contribution in [0.1, 0.15) is 19.4 Å². The van der Waals surface area contributed by atoms with Crippen molar-refractivity contribution >= 4 is 29.4 Å². The lowest BCUT2D eigenvalue weighted by Gasteiger charge is -2.21. The van der Waals surface area contributed by atoms with E-state index in [-0.39, 0.29) is 10.7 Å². The second-order valence-electron chi connectivity index (χ2n) is 4.69. The molecule has 0 aromatic heterocycles. The van der Waals surface area contributed by atoms with E-state index in [0.29, 0.717) is 12.2 Å². The molecule has 0 heterocycles. The van der Waals surface area contributed by atoms with Gasteiger partial charge in [-0.2, -0.15) is 11.8 Å². The maximum Gasteiger partial charge on any atom is 0.244 e. The van der Waals surface area contributed by atoms with E-state index in [1.165, 1.54) is 6.08 Å². The van der Waals surface area contributed by atoms with Crippen LogP contribution in [0.3, 0.4) is 0 Å². The van der Waals surface area contributed by atoms with Crippen LogP contribution >= 0.6 is 11.8 Å². The van der Waals surface area contributed by atoms with Gasteiger partial charge in [0.2, 0.25) is 5.91 Å². The van der Waals surface area contributed by atoms with Gasteiger partial charge in [-0.3, -0.25) is 4.79 Å². The van der Waals surface area contributed by atoms with Gasteiger partial charge in [0.15, 0.2) is 0 Å². The molecule has 98 valence electrons. The van der Waals surface area contributed by atoms with E-state index in [0.717, 1.165) is 5.56 Å². The molecule has 18 heavy (non-hydrogen) atoms. The van der Waals surface area contributed by atoms with Gasteiger partial charge in [0.25, 0.3) is 0 Å². The molecule has 3 N–H and O–H groups in total. The van der Waals surface area contributed by atoms with Crippen LogP contribution in [0, 0.1) is 0 Å². The molecule has 0 aliphatic carbocycles. The van der Waals surface area contributed by atoms with Crippen LogP contribution in [0.15, 0.2) is 30.3 Å². The lowest BCUT2D eigenvalue weighted by molar-refractivity contribution is -0.116. The van der Waals surface area contributed by atoms with Crippen molar-refractivity contribution in [3.05, 3.63) is 35.9 Å². The number of rotatable bonds is 5. The molecule has 4 heteroatoms. The van der Waals surface area contributed by atoms with E-state index in [1.54, 1.807) is 17.8 Å². The summed E-state index contributed by atoms with van der Waals surface area (Å²) in [7, 11) is 0. The molecule has 0 aliphatic heterocycles. The summed E-state index contributed by atoms with van der Waals surface area (Å²) in [5.41, 5.74) is 7.28. The Morgan fingerprint density at radius 1 is 1.50 bits per heavy atom. The zero-order chi connectivity index (χ0) is 13.6. The van der Waals surface area contributed by atoms with E-state index < -0.39 is 0 Å². The fourth-order valence-corrected chi connectivity index (χ4v) is 1.48. The van der Waals surface area contributed by atoms with Gasteiger partial charge in [-0.05, 0) is 43.9 Å². The molecule has 0 bridgehead atoms. The van der Waals surface area contributed by atoms with E-state index in [1.807, 2.05) is 30.5 Å². The molecule has 0 atom stereocenters. The molecule has 1 aromatic rings. The predicted octanol–water partition coefficient (Wildman–Crippen LogP) is 2.54. The molecule has 0 fully saturated rings. The molecule has 0 aliphatic rings. The molecule has 0 unspecified atom stereocenters. The minimum absolute atomic E-state index is 0.0562. The van der Waals surface area contributed by atoms with Crippen molar-refractivity contribution in [1.29, 1.82) is 0 Å². The third kappa shape index (κ3) is 5.27. The fourth-order valence-electron chi connectivity index (χ4n) is 1.27. The first kappa shape index (κ1) is 14.6. The van der Waals surface area contributed by atoms with Gasteiger partial charge in [0, 0.05) is 23.1 Å². The van der Waals surface area contributed by atoms with Crippen LogP contribution in [-0.2, 0) is 4.79 Å². The minimum atomic E-state index is -0.0838. The summed E-state index contributed by atoms with van der Waals surface area (Å²) >= 11 is 1.73. The molecular formula is C14H20N2OS. The molecule has 0 radical (unpaired) electrons. The lowest BCUT2D eigenvalue weighted by atomic mass is 10.2. The van der Waals surface area contributed by atoms with Crippen LogP contribution in [0.2, 0.25) is 0 Å². The van der Waals surface area contributed by atoms with Crippen LogP contribution in [0.25, 0.3) is 6.08 Å². The van der Waals surface area contributed by atoms with Crippen molar-refractivity contribution in [3.8, 4) is 0 Å². The summed E-state index contributed by atoms with van der Waals surface area (Å²) in [5.74, 6) is -0.0838. The number of amides is 1. The Labute approximate surface area is 113 Å². The maximum atomic E-state index is 11.6. The zero-order valence-electron chi connectivity index (χ0n) is 11.1. The van der Waals surface area contributed by atoms with Gasteiger partial charge in [-0.1, -0.05) is 12.1 Å². The largest absolute Gasteiger partial charge is 0.399 e. The number of thioether (sulfide) groups is 1. The maximum absolute atomic E-state index is 11.6. The zero-order valence-corrected chi connectivity index (χ0v) is 11.9. The lowest BCUT2D eigenvalue weighted by Crippen LogP contribution is -2.35. The van der Waals surface area contributed by atoms with Crippen LogP contribution < -0.4 is 11.1 Å². The number of nitrogen functional groups attached to an aromatic ring is 1. The van der Waals surface area contributed by atoms with Crippen LogP contribution in [-0.4, -0.2) is 23.5 Å². The first-order valence-electron chi connectivity index (χ1n) is 5.79. The Morgan fingerprint density at radius 3 is 2.83 bits per heavy atom. The Bertz CT molecular complexity index is 441. The minimum Gasteiger partial charge on any atom is -0.399 e. The van der Waals surface area contributed by atoms with Gasteiger partial charge in [0.1, 0.15) is 0 Å². The smallest absolute Gasteiger partial charge is 0.244 e. The van der Waals surface area contributed by atoms with Gasteiger partial charge < -0.3 is 11.1 Å². The molecule has 1 amide bonds. The van der Waals surface area contributed by atoms with E-state index >= 15 is 0 Å². The van der Waals surface area contributed by atoms with Crippen molar-refractivity contribution in [1.82, 2.24) is 5.32 Å². The van der Waals surface area contributed by atoms with Crippen LogP contribution in [0.5, 0.6) is 0 Å². The van der Waals surface area contributed by atoms with E-state index in [9.17, 15) is 4.79 Å². The standard InChI is InChI=1S/C14H20N2OS/c1-14(2,18-3)10-16-13(17)8-7-11-5-4-6-12(15)9-11/h4-9H,10,15H2,1-3H3,(H,16,17)/b8-7+. The number of hydrogen-bond donors (Lipinski definition) is 2. The summed E-state index contributed by atoms with van der Waals surface area (Å²) in [6.07, 6.45) is 5.33. The average Bonchev–Trinajstić information content (AvgIpc) is 2.34. The van der Waals surface area contributed by atoms with Crippen molar-refractivity contribution in [3.63, 3.8) is 0 Å². The summed E-state index contributed by atoms with van der Waals surface area (Å²) < 4.78 is 0.0562. The highest BCUT2D eigenvalue weighted by Crippen LogP contribution is 2.19. The Balaban J connectivity index is 2.50. The third-order valence-electron chi connectivity index (χ3n) is 2.58. The van der Waals surface area contributed by atoms with Gasteiger partial charge >= 0.3 is 0 Å². The highest BCUT2D eigenvalue weighted by Gasteiger charge is 2.15. The first-order valence-corrected chi connectivity index (χ1v) is 7.02. The quantitative estimate of drug-likeness (QED) is 0.635. The SMILES string of the molecule is CSC(C)(C)CNC(=O)/C=C/c1cccc(N)c1. The van der Waals surface area contributed by atoms with Gasteiger partial charge in [-0.25, -0.2) is 0 Å². The number of hydrogen-bond acceptors (Lipinski definition) is 3. The second kappa shape index (κ2) is 6.50. The topological polar surface area (TPSA) is 55.1 Å². The predicted molar refractivity (Wildman–Crippen MR) is 80.5 cm³/mol. The second-order valence-corrected chi connectivity index (χ2v) is 6.20. The first-order chi connectivity index (χ1) is 8.43. The number of anilines is 1. The number of nitrogens with two attached hydrogens (primary N) is 1. The van der Waals surface area contributed by atoms with E-state index in [2.05, 4.69) is 19.2 Å². The van der Waals surface area contributed by atoms with Crippen LogP contribution in [0.4, 0.5) is 5.69 Å².